The normalized spacial score (nSPS) is 15.2. The zero-order chi connectivity index (χ0) is 21.2. The van der Waals surface area contributed by atoms with Crippen LogP contribution in [0, 0.1) is 12.8 Å². The van der Waals surface area contributed by atoms with E-state index in [0.717, 1.165) is 48.5 Å². The van der Waals surface area contributed by atoms with Crippen molar-refractivity contribution in [2.24, 2.45) is 10.9 Å². The number of nitrogens with zero attached hydrogens (tertiary/aromatic N) is 3. The smallest absolute Gasteiger partial charge is 0.191 e. The van der Waals surface area contributed by atoms with Gasteiger partial charge in [-0.1, -0.05) is 30.9 Å². The van der Waals surface area contributed by atoms with Crippen LogP contribution in [0.1, 0.15) is 29.1 Å². The number of guanidine groups is 1. The number of nitrogens with one attached hydrogen (secondary N) is 2. The van der Waals surface area contributed by atoms with E-state index < -0.39 is 0 Å². The molecular formula is C23H34IN5OS. The Morgan fingerprint density at radius 3 is 2.77 bits per heavy atom. The molecule has 0 aliphatic carbocycles. The highest BCUT2D eigenvalue weighted by Gasteiger charge is 2.20. The maximum absolute atomic E-state index is 5.73. The highest BCUT2D eigenvalue weighted by molar-refractivity contribution is 14.0. The molecule has 1 aliphatic rings. The predicted octanol–water partition coefficient (Wildman–Crippen LogP) is 4.21. The molecular weight excluding hydrogens is 521 g/mol. The Balaban J connectivity index is 0.00000341. The van der Waals surface area contributed by atoms with Gasteiger partial charge in [-0.15, -0.1) is 35.3 Å². The third-order valence-corrected chi connectivity index (χ3v) is 6.14. The quantitative estimate of drug-likeness (QED) is 0.210. The summed E-state index contributed by atoms with van der Waals surface area (Å²) in [5.74, 6) is 2.37. The van der Waals surface area contributed by atoms with Crippen molar-refractivity contribution >= 4 is 41.3 Å². The van der Waals surface area contributed by atoms with E-state index in [2.05, 4.69) is 50.5 Å². The van der Waals surface area contributed by atoms with Gasteiger partial charge in [-0.25, -0.2) is 4.98 Å². The third kappa shape index (κ3) is 8.42. The zero-order valence-corrected chi connectivity index (χ0v) is 21.6. The van der Waals surface area contributed by atoms with Crippen molar-refractivity contribution in [2.45, 2.75) is 32.9 Å². The van der Waals surface area contributed by atoms with E-state index in [1.54, 1.807) is 17.4 Å². The topological polar surface area (TPSA) is 61.8 Å². The van der Waals surface area contributed by atoms with E-state index in [9.17, 15) is 0 Å². The molecule has 170 valence electrons. The standard InChI is InChI=1S/C23H33N5OS.HI/c1-4-13-29-22-8-6-5-7-20(22)15-26-23(24-3)25-14-19-9-11-28(12-10-19)16-21-17-30-18(2)27-21;/h4-8,17,19H,1,9-16H2,2-3H3,(H2,24,25,26);1H. The molecule has 0 spiro atoms. The number of benzene rings is 1. The number of ether oxygens (including phenoxy) is 1. The fourth-order valence-electron chi connectivity index (χ4n) is 3.64. The molecule has 0 unspecified atom stereocenters. The van der Waals surface area contributed by atoms with Crippen molar-refractivity contribution in [3.63, 3.8) is 0 Å². The minimum atomic E-state index is 0. The van der Waals surface area contributed by atoms with Crippen LogP contribution in [0.2, 0.25) is 0 Å². The summed E-state index contributed by atoms with van der Waals surface area (Å²) in [5.41, 5.74) is 2.31. The fraction of sp³-hybridized carbons (Fsp3) is 0.478. The molecule has 1 fully saturated rings. The van der Waals surface area contributed by atoms with Gasteiger partial charge in [0.25, 0.3) is 0 Å². The Morgan fingerprint density at radius 2 is 2.10 bits per heavy atom. The third-order valence-electron chi connectivity index (χ3n) is 5.32. The van der Waals surface area contributed by atoms with Crippen LogP contribution >= 0.6 is 35.3 Å². The molecule has 1 aliphatic heterocycles. The second-order valence-electron chi connectivity index (χ2n) is 7.59. The lowest BCUT2D eigenvalue weighted by atomic mass is 9.97. The Hall–Kier alpha value is -1.65. The highest BCUT2D eigenvalue weighted by Crippen LogP contribution is 2.20. The van der Waals surface area contributed by atoms with Crippen LogP contribution in [0.5, 0.6) is 5.75 Å². The molecule has 3 rings (SSSR count). The minimum Gasteiger partial charge on any atom is -0.489 e. The zero-order valence-electron chi connectivity index (χ0n) is 18.5. The van der Waals surface area contributed by atoms with Gasteiger partial charge in [-0.2, -0.15) is 0 Å². The first-order valence-corrected chi connectivity index (χ1v) is 11.5. The van der Waals surface area contributed by atoms with Crippen LogP contribution in [0.25, 0.3) is 0 Å². The molecule has 8 heteroatoms. The summed E-state index contributed by atoms with van der Waals surface area (Å²) in [4.78, 5) is 11.5. The number of hydrogen-bond acceptors (Lipinski definition) is 5. The summed E-state index contributed by atoms with van der Waals surface area (Å²) >= 11 is 1.73. The number of aliphatic imine (C=N–C) groups is 1. The average molecular weight is 556 g/mol. The molecule has 1 aromatic heterocycles. The second kappa shape index (κ2) is 13.7. The van der Waals surface area contributed by atoms with Crippen molar-refractivity contribution in [1.82, 2.24) is 20.5 Å². The Bertz CT molecular complexity index is 833. The maximum Gasteiger partial charge on any atom is 0.191 e. The van der Waals surface area contributed by atoms with Crippen LogP contribution in [0.3, 0.4) is 0 Å². The lowest BCUT2D eigenvalue weighted by Crippen LogP contribution is -2.42. The monoisotopic (exact) mass is 555 g/mol. The summed E-state index contributed by atoms with van der Waals surface area (Å²) in [5, 5.41) is 10.2. The van der Waals surface area contributed by atoms with Gasteiger partial charge in [0.2, 0.25) is 0 Å². The summed E-state index contributed by atoms with van der Waals surface area (Å²) in [6, 6.07) is 8.06. The average Bonchev–Trinajstić information content (AvgIpc) is 3.18. The van der Waals surface area contributed by atoms with Gasteiger partial charge in [0, 0.05) is 37.6 Å². The number of hydrogen-bond donors (Lipinski definition) is 2. The van der Waals surface area contributed by atoms with Crippen LogP contribution in [-0.4, -0.2) is 49.1 Å². The van der Waals surface area contributed by atoms with Crippen molar-refractivity contribution in [3.05, 3.63) is 58.6 Å². The van der Waals surface area contributed by atoms with Crippen molar-refractivity contribution in [3.8, 4) is 5.75 Å². The highest BCUT2D eigenvalue weighted by atomic mass is 127. The molecule has 0 radical (unpaired) electrons. The van der Waals surface area contributed by atoms with Crippen LogP contribution in [-0.2, 0) is 13.1 Å². The number of likely N-dealkylation sites (tertiary alicyclic amines) is 1. The predicted molar refractivity (Wildman–Crippen MR) is 141 cm³/mol. The largest absolute Gasteiger partial charge is 0.489 e. The van der Waals surface area contributed by atoms with E-state index in [-0.39, 0.29) is 24.0 Å². The van der Waals surface area contributed by atoms with E-state index >= 15 is 0 Å². The Kier molecular flexibility index (Phi) is 11.3. The van der Waals surface area contributed by atoms with Crippen molar-refractivity contribution in [1.29, 1.82) is 0 Å². The number of thiazole rings is 1. The summed E-state index contributed by atoms with van der Waals surface area (Å²) in [7, 11) is 1.81. The van der Waals surface area contributed by atoms with Gasteiger partial charge >= 0.3 is 0 Å². The molecule has 0 atom stereocenters. The molecule has 2 aromatic rings. The summed E-state index contributed by atoms with van der Waals surface area (Å²) < 4.78 is 5.73. The van der Waals surface area contributed by atoms with Crippen LogP contribution in [0.4, 0.5) is 0 Å². The number of halogens is 1. The van der Waals surface area contributed by atoms with E-state index in [4.69, 9.17) is 4.74 Å². The van der Waals surface area contributed by atoms with Crippen LogP contribution < -0.4 is 15.4 Å². The lowest BCUT2D eigenvalue weighted by Gasteiger charge is -2.31. The molecule has 2 N–H and O–H groups in total. The van der Waals surface area contributed by atoms with Gasteiger partial charge in [-0.05, 0) is 44.8 Å². The molecule has 1 aromatic carbocycles. The van der Waals surface area contributed by atoms with Gasteiger partial charge in [0.05, 0.1) is 10.7 Å². The molecule has 0 saturated carbocycles. The molecule has 1 saturated heterocycles. The number of para-hydroxylation sites is 1. The SMILES string of the molecule is C=CCOc1ccccc1CNC(=NC)NCC1CCN(Cc2csc(C)n2)CC1.I. The number of piperidine rings is 1. The van der Waals surface area contributed by atoms with Crippen LogP contribution in [0.15, 0.2) is 47.3 Å². The maximum atomic E-state index is 5.73. The minimum absolute atomic E-state index is 0. The van der Waals surface area contributed by atoms with Gasteiger partial charge < -0.3 is 15.4 Å². The van der Waals surface area contributed by atoms with Crippen molar-refractivity contribution in [2.75, 3.05) is 33.3 Å². The van der Waals surface area contributed by atoms with Crippen molar-refractivity contribution < 1.29 is 4.74 Å². The Labute approximate surface area is 207 Å². The molecule has 31 heavy (non-hydrogen) atoms. The number of aromatic nitrogens is 1. The Morgan fingerprint density at radius 1 is 1.32 bits per heavy atom. The fourth-order valence-corrected chi connectivity index (χ4v) is 4.24. The van der Waals surface area contributed by atoms with Gasteiger partial charge in [0.1, 0.15) is 12.4 Å². The summed E-state index contributed by atoms with van der Waals surface area (Å²) in [6.07, 6.45) is 4.16. The molecule has 6 nitrogen and oxygen atoms in total. The molecule has 0 bridgehead atoms. The first-order chi connectivity index (χ1) is 14.7. The van der Waals surface area contributed by atoms with E-state index in [0.29, 0.717) is 19.1 Å². The number of rotatable bonds is 9. The lowest BCUT2D eigenvalue weighted by molar-refractivity contribution is 0.176. The molecule has 2 heterocycles. The second-order valence-corrected chi connectivity index (χ2v) is 8.65. The first-order valence-electron chi connectivity index (χ1n) is 10.6. The molecule has 0 amide bonds. The summed E-state index contributed by atoms with van der Waals surface area (Å²) in [6.45, 7) is 11.1. The first kappa shape index (κ1) is 25.6. The number of aryl methyl sites for hydroxylation is 1. The van der Waals surface area contributed by atoms with Gasteiger partial charge in [0.15, 0.2) is 5.96 Å². The van der Waals surface area contributed by atoms with E-state index in [1.165, 1.54) is 18.5 Å². The van der Waals surface area contributed by atoms with Gasteiger partial charge in [-0.3, -0.25) is 9.89 Å². The van der Waals surface area contributed by atoms with E-state index in [1.807, 2.05) is 25.2 Å².